The van der Waals surface area contributed by atoms with Gasteiger partial charge in [0, 0.05) is 19.8 Å². The zero-order valence-electron chi connectivity index (χ0n) is 16.1. The molecule has 0 bridgehead atoms. The topological polar surface area (TPSA) is 73.4 Å². The van der Waals surface area contributed by atoms with Crippen LogP contribution in [0, 0.1) is 13.8 Å². The second kappa shape index (κ2) is 8.07. The summed E-state index contributed by atoms with van der Waals surface area (Å²) in [7, 11) is 1.74. The van der Waals surface area contributed by atoms with Crippen molar-refractivity contribution in [3.05, 3.63) is 64.8 Å². The van der Waals surface area contributed by atoms with E-state index in [1.54, 1.807) is 25.1 Å². The number of carbonyl (C=O) groups is 1. The Morgan fingerprint density at radius 2 is 2.04 bits per heavy atom. The molecule has 142 valence electrons. The molecule has 0 fully saturated rings. The fourth-order valence-corrected chi connectivity index (χ4v) is 2.87. The van der Waals surface area contributed by atoms with Crippen molar-refractivity contribution < 1.29 is 14.1 Å². The summed E-state index contributed by atoms with van der Waals surface area (Å²) in [6.07, 6.45) is 1.73. The van der Waals surface area contributed by atoms with E-state index in [4.69, 9.17) is 9.26 Å². The predicted octanol–water partition coefficient (Wildman–Crippen LogP) is 3.36. The molecule has 1 amide bonds. The molecule has 0 saturated heterocycles. The molecule has 1 aromatic carbocycles. The van der Waals surface area contributed by atoms with Crippen LogP contribution >= 0.6 is 0 Å². The maximum absolute atomic E-state index is 12.9. The lowest BCUT2D eigenvalue weighted by atomic mass is 10.2. The molecule has 0 aliphatic carbocycles. The lowest BCUT2D eigenvalue weighted by Gasteiger charge is -2.17. The number of hydrogen-bond acceptors (Lipinski definition) is 5. The van der Waals surface area contributed by atoms with Crippen LogP contribution in [0.25, 0.3) is 0 Å². The maximum Gasteiger partial charge on any atom is 0.276 e. The first-order valence-corrected chi connectivity index (χ1v) is 8.91. The highest BCUT2D eigenvalue weighted by Gasteiger charge is 2.24. The summed E-state index contributed by atoms with van der Waals surface area (Å²) in [4.78, 5) is 14.5. The number of ether oxygens (including phenoxy) is 1. The molecule has 2 heterocycles. The van der Waals surface area contributed by atoms with Crippen molar-refractivity contribution in [2.24, 2.45) is 0 Å². The number of benzene rings is 1. The van der Waals surface area contributed by atoms with Crippen molar-refractivity contribution in [3.63, 3.8) is 0 Å². The Bertz CT molecular complexity index is 929. The van der Waals surface area contributed by atoms with Crippen molar-refractivity contribution in [1.29, 1.82) is 0 Å². The number of carbonyl (C=O) groups excluding carboxylic acids is 1. The highest BCUT2D eigenvalue weighted by molar-refractivity contribution is 5.93. The Labute approximate surface area is 158 Å². The van der Waals surface area contributed by atoms with Crippen LogP contribution in [0.1, 0.15) is 40.0 Å². The summed E-state index contributed by atoms with van der Waals surface area (Å²) < 4.78 is 13.0. The minimum absolute atomic E-state index is 0.209. The van der Waals surface area contributed by atoms with E-state index in [2.05, 4.69) is 10.3 Å². The van der Waals surface area contributed by atoms with E-state index in [-0.39, 0.29) is 18.2 Å². The fraction of sp³-hybridized carbons (Fsp3) is 0.350. The first-order valence-electron chi connectivity index (χ1n) is 8.91. The lowest BCUT2D eigenvalue weighted by Crippen LogP contribution is -2.28. The summed E-state index contributed by atoms with van der Waals surface area (Å²) >= 11 is 0. The zero-order chi connectivity index (χ0) is 19.4. The van der Waals surface area contributed by atoms with E-state index in [1.807, 2.05) is 48.9 Å². The molecule has 3 rings (SSSR count). The maximum atomic E-state index is 12.9. The van der Waals surface area contributed by atoms with Gasteiger partial charge in [-0.05, 0) is 38.5 Å². The second-order valence-corrected chi connectivity index (χ2v) is 6.42. The van der Waals surface area contributed by atoms with Crippen LogP contribution in [-0.4, -0.2) is 32.8 Å². The molecule has 0 saturated carbocycles. The van der Waals surface area contributed by atoms with Gasteiger partial charge in [0.15, 0.2) is 5.69 Å². The van der Waals surface area contributed by atoms with Crippen molar-refractivity contribution in [1.82, 2.24) is 19.8 Å². The van der Waals surface area contributed by atoms with E-state index < -0.39 is 0 Å². The normalized spacial score (nSPS) is 10.8. The molecule has 2 aromatic heterocycles. The molecule has 0 radical (unpaired) electrons. The minimum atomic E-state index is -0.209. The molecule has 0 spiro atoms. The standard InChI is InChI=1S/C20H24N4O3/c1-5-24-16(10-11-21-24)12-23(4)20(25)19-17(15(3)27-22-19)13-26-18-9-7-6-8-14(18)2/h6-11H,5,12-13H2,1-4H3. The van der Waals surface area contributed by atoms with Crippen molar-refractivity contribution in [2.75, 3.05) is 7.05 Å². The average Bonchev–Trinajstić information content (AvgIpc) is 3.26. The third kappa shape index (κ3) is 4.02. The smallest absolute Gasteiger partial charge is 0.276 e. The number of aryl methyl sites for hydroxylation is 3. The zero-order valence-corrected chi connectivity index (χ0v) is 16.1. The SMILES string of the molecule is CCn1nccc1CN(C)C(=O)c1noc(C)c1COc1ccccc1C. The summed E-state index contributed by atoms with van der Waals surface area (Å²) in [5.41, 5.74) is 2.95. The summed E-state index contributed by atoms with van der Waals surface area (Å²) in [5.74, 6) is 1.15. The number of amides is 1. The van der Waals surface area contributed by atoms with Gasteiger partial charge in [0.2, 0.25) is 0 Å². The highest BCUT2D eigenvalue weighted by Crippen LogP contribution is 2.22. The highest BCUT2D eigenvalue weighted by atomic mass is 16.5. The van der Waals surface area contributed by atoms with Crippen LogP contribution in [0.4, 0.5) is 0 Å². The predicted molar refractivity (Wildman–Crippen MR) is 100 cm³/mol. The van der Waals surface area contributed by atoms with E-state index in [1.165, 1.54) is 0 Å². The van der Waals surface area contributed by atoms with Crippen LogP contribution < -0.4 is 4.74 Å². The van der Waals surface area contributed by atoms with Crippen molar-refractivity contribution in [2.45, 2.75) is 40.5 Å². The number of hydrogen-bond donors (Lipinski definition) is 0. The quantitative estimate of drug-likeness (QED) is 0.639. The van der Waals surface area contributed by atoms with Gasteiger partial charge >= 0.3 is 0 Å². The van der Waals surface area contributed by atoms with E-state index in [9.17, 15) is 4.79 Å². The number of para-hydroxylation sites is 1. The molecule has 0 aliphatic rings. The average molecular weight is 368 g/mol. The van der Waals surface area contributed by atoms with Gasteiger partial charge in [-0.2, -0.15) is 5.10 Å². The molecule has 3 aromatic rings. The number of aromatic nitrogens is 3. The van der Waals surface area contributed by atoms with Gasteiger partial charge in [-0.3, -0.25) is 9.48 Å². The number of rotatable bonds is 7. The lowest BCUT2D eigenvalue weighted by molar-refractivity contribution is 0.0768. The van der Waals surface area contributed by atoms with Gasteiger partial charge < -0.3 is 14.2 Å². The second-order valence-electron chi connectivity index (χ2n) is 6.42. The van der Waals surface area contributed by atoms with Gasteiger partial charge in [-0.15, -0.1) is 0 Å². The summed E-state index contributed by atoms with van der Waals surface area (Å²) in [6.45, 7) is 7.20. The third-order valence-corrected chi connectivity index (χ3v) is 4.50. The van der Waals surface area contributed by atoms with Crippen LogP contribution in [0.5, 0.6) is 5.75 Å². The Morgan fingerprint density at radius 1 is 1.26 bits per heavy atom. The van der Waals surface area contributed by atoms with E-state index >= 15 is 0 Å². The van der Waals surface area contributed by atoms with Gasteiger partial charge in [0.1, 0.15) is 18.1 Å². The molecule has 27 heavy (non-hydrogen) atoms. The molecule has 0 N–H and O–H groups in total. The minimum Gasteiger partial charge on any atom is -0.488 e. The van der Waals surface area contributed by atoms with Crippen molar-refractivity contribution >= 4 is 5.91 Å². The molecule has 7 heteroatoms. The van der Waals surface area contributed by atoms with Crippen LogP contribution in [0.2, 0.25) is 0 Å². The molecular formula is C20H24N4O3. The van der Waals surface area contributed by atoms with Crippen LogP contribution in [0.3, 0.4) is 0 Å². The summed E-state index contributed by atoms with van der Waals surface area (Å²) in [5, 5.41) is 8.21. The van der Waals surface area contributed by atoms with Gasteiger partial charge in [-0.25, -0.2) is 0 Å². The molecule has 0 aliphatic heterocycles. The van der Waals surface area contributed by atoms with Crippen LogP contribution in [-0.2, 0) is 19.7 Å². The number of nitrogens with zero attached hydrogens (tertiary/aromatic N) is 4. The molecule has 7 nitrogen and oxygen atoms in total. The van der Waals surface area contributed by atoms with E-state index in [0.717, 1.165) is 23.6 Å². The molecule has 0 atom stereocenters. The van der Waals surface area contributed by atoms with E-state index in [0.29, 0.717) is 17.9 Å². The molecule has 0 unspecified atom stereocenters. The molecular weight excluding hydrogens is 344 g/mol. The Balaban J connectivity index is 1.75. The Morgan fingerprint density at radius 3 is 2.78 bits per heavy atom. The van der Waals surface area contributed by atoms with Gasteiger partial charge in [-0.1, -0.05) is 23.4 Å². The van der Waals surface area contributed by atoms with Gasteiger partial charge in [0.25, 0.3) is 5.91 Å². The Hall–Kier alpha value is -3.09. The van der Waals surface area contributed by atoms with Crippen molar-refractivity contribution in [3.8, 4) is 5.75 Å². The largest absolute Gasteiger partial charge is 0.488 e. The fourth-order valence-electron chi connectivity index (χ4n) is 2.87. The first kappa shape index (κ1) is 18.7. The first-order chi connectivity index (χ1) is 13.0. The van der Waals surface area contributed by atoms with Gasteiger partial charge in [0.05, 0.1) is 17.8 Å². The Kier molecular flexibility index (Phi) is 5.59. The summed E-state index contributed by atoms with van der Waals surface area (Å²) in [6, 6.07) is 9.66. The monoisotopic (exact) mass is 368 g/mol. The third-order valence-electron chi connectivity index (χ3n) is 4.50. The van der Waals surface area contributed by atoms with Crippen LogP contribution in [0.15, 0.2) is 41.1 Å².